The fourth-order valence-electron chi connectivity index (χ4n) is 1.25. The van der Waals surface area contributed by atoms with E-state index in [1.54, 1.807) is 6.26 Å². The highest BCUT2D eigenvalue weighted by atomic mass is 16.5. The molecule has 1 heterocycles. The molecule has 0 aliphatic heterocycles. The smallest absolute Gasteiger partial charge is 0.120 e. The third-order valence-corrected chi connectivity index (χ3v) is 2.13. The lowest BCUT2D eigenvalue weighted by Gasteiger charge is -2.07. The van der Waals surface area contributed by atoms with E-state index in [1.807, 2.05) is 6.07 Å². The van der Waals surface area contributed by atoms with Crippen LogP contribution in [0.15, 0.2) is 16.7 Å². The van der Waals surface area contributed by atoms with Gasteiger partial charge in [0.15, 0.2) is 0 Å². The van der Waals surface area contributed by atoms with Crippen molar-refractivity contribution in [2.24, 2.45) is 5.92 Å². The lowest BCUT2D eigenvalue weighted by atomic mass is 10.2. The average molecular weight is 211 g/mol. The zero-order chi connectivity index (χ0) is 11.1. The Morgan fingerprint density at radius 2 is 2.27 bits per heavy atom. The molecule has 0 bridgehead atoms. The Balaban J connectivity index is 2.00. The number of nitrogens with one attached hydrogen (secondary N) is 1. The second-order valence-electron chi connectivity index (χ2n) is 4.17. The molecule has 0 unspecified atom stereocenters. The Kier molecular flexibility index (Phi) is 5.43. The van der Waals surface area contributed by atoms with Gasteiger partial charge >= 0.3 is 0 Å². The molecule has 0 spiro atoms. The average Bonchev–Trinajstić information content (AvgIpc) is 2.57. The Hall–Kier alpha value is -0.800. The van der Waals surface area contributed by atoms with E-state index in [2.05, 4.69) is 26.1 Å². The van der Waals surface area contributed by atoms with Gasteiger partial charge in [0.2, 0.25) is 0 Å². The van der Waals surface area contributed by atoms with Crippen molar-refractivity contribution >= 4 is 0 Å². The molecular weight excluding hydrogens is 190 g/mol. The summed E-state index contributed by atoms with van der Waals surface area (Å²) in [6.45, 7) is 9.60. The fraction of sp³-hybridized carbons (Fsp3) is 0.667. The molecule has 0 fully saturated rings. The first-order chi connectivity index (χ1) is 7.20. The molecular formula is C12H21NO2. The molecule has 15 heavy (non-hydrogen) atoms. The lowest BCUT2D eigenvalue weighted by molar-refractivity contribution is 0.111. The van der Waals surface area contributed by atoms with Crippen molar-refractivity contribution in [1.29, 1.82) is 0 Å². The van der Waals surface area contributed by atoms with Crippen LogP contribution in [0.1, 0.15) is 25.2 Å². The number of aryl methyl sites for hydroxylation is 1. The van der Waals surface area contributed by atoms with Crippen LogP contribution in [0.25, 0.3) is 0 Å². The van der Waals surface area contributed by atoms with Crippen LogP contribution >= 0.6 is 0 Å². The number of hydrogen-bond acceptors (Lipinski definition) is 3. The van der Waals surface area contributed by atoms with Crippen molar-refractivity contribution in [2.45, 2.75) is 27.3 Å². The zero-order valence-corrected chi connectivity index (χ0v) is 9.88. The summed E-state index contributed by atoms with van der Waals surface area (Å²) in [4.78, 5) is 0. The van der Waals surface area contributed by atoms with Crippen molar-refractivity contribution in [3.63, 3.8) is 0 Å². The minimum Gasteiger partial charge on any atom is -0.468 e. The summed E-state index contributed by atoms with van der Waals surface area (Å²) in [7, 11) is 0. The second kappa shape index (κ2) is 6.64. The van der Waals surface area contributed by atoms with E-state index in [9.17, 15) is 0 Å². The summed E-state index contributed by atoms with van der Waals surface area (Å²) >= 11 is 0. The van der Waals surface area contributed by atoms with E-state index >= 15 is 0 Å². The van der Waals surface area contributed by atoms with Gasteiger partial charge in [-0.2, -0.15) is 0 Å². The minimum absolute atomic E-state index is 0.609. The third kappa shape index (κ3) is 5.00. The summed E-state index contributed by atoms with van der Waals surface area (Å²) in [5.74, 6) is 1.62. The monoisotopic (exact) mass is 211 g/mol. The summed E-state index contributed by atoms with van der Waals surface area (Å²) in [6, 6.07) is 1.98. The van der Waals surface area contributed by atoms with Crippen molar-refractivity contribution in [3.8, 4) is 0 Å². The number of ether oxygens (including phenoxy) is 1. The number of rotatable bonds is 7. The van der Waals surface area contributed by atoms with Gasteiger partial charge in [0.25, 0.3) is 0 Å². The highest BCUT2D eigenvalue weighted by Crippen LogP contribution is 2.07. The molecule has 0 aromatic carbocycles. The van der Waals surface area contributed by atoms with E-state index < -0.39 is 0 Å². The van der Waals surface area contributed by atoms with E-state index in [-0.39, 0.29) is 0 Å². The van der Waals surface area contributed by atoms with E-state index in [1.165, 1.54) is 5.56 Å². The van der Waals surface area contributed by atoms with E-state index in [0.717, 1.165) is 32.1 Å². The molecule has 0 aliphatic carbocycles. The molecule has 0 amide bonds. The molecule has 3 nitrogen and oxygen atoms in total. The maximum Gasteiger partial charge on any atom is 0.120 e. The van der Waals surface area contributed by atoms with Gasteiger partial charge < -0.3 is 14.5 Å². The summed E-state index contributed by atoms with van der Waals surface area (Å²) in [5, 5.41) is 3.28. The van der Waals surface area contributed by atoms with E-state index in [4.69, 9.17) is 9.15 Å². The first kappa shape index (κ1) is 12.3. The molecule has 0 aliphatic rings. The maximum absolute atomic E-state index is 5.45. The zero-order valence-electron chi connectivity index (χ0n) is 9.88. The summed E-state index contributed by atoms with van der Waals surface area (Å²) < 4.78 is 10.8. The molecule has 1 aromatic rings. The van der Waals surface area contributed by atoms with Gasteiger partial charge in [0, 0.05) is 13.2 Å². The highest BCUT2D eigenvalue weighted by molar-refractivity contribution is 5.13. The molecule has 1 aromatic heterocycles. The molecule has 0 saturated carbocycles. The van der Waals surface area contributed by atoms with Gasteiger partial charge in [0.1, 0.15) is 5.76 Å². The number of hydrogen-bond donors (Lipinski definition) is 1. The molecule has 1 N–H and O–H groups in total. The molecule has 86 valence electrons. The quantitative estimate of drug-likeness (QED) is 0.703. The first-order valence-electron chi connectivity index (χ1n) is 5.51. The fourth-order valence-corrected chi connectivity index (χ4v) is 1.25. The van der Waals surface area contributed by atoms with Crippen molar-refractivity contribution in [2.75, 3.05) is 19.8 Å². The normalized spacial score (nSPS) is 11.2. The second-order valence-corrected chi connectivity index (χ2v) is 4.17. The third-order valence-electron chi connectivity index (χ3n) is 2.13. The highest BCUT2D eigenvalue weighted by Gasteiger charge is 2.00. The van der Waals surface area contributed by atoms with Crippen molar-refractivity contribution in [3.05, 3.63) is 23.7 Å². The van der Waals surface area contributed by atoms with Gasteiger partial charge in [0.05, 0.1) is 19.4 Å². The Morgan fingerprint density at radius 3 is 2.87 bits per heavy atom. The molecule has 3 heteroatoms. The van der Waals surface area contributed by atoms with Gasteiger partial charge in [-0.1, -0.05) is 13.8 Å². The Morgan fingerprint density at radius 1 is 1.47 bits per heavy atom. The van der Waals surface area contributed by atoms with Gasteiger partial charge in [-0.05, 0) is 24.5 Å². The van der Waals surface area contributed by atoms with Crippen LogP contribution in [0.3, 0.4) is 0 Å². The summed E-state index contributed by atoms with van der Waals surface area (Å²) in [6.07, 6.45) is 1.72. The minimum atomic E-state index is 0.609. The predicted molar refractivity (Wildman–Crippen MR) is 60.8 cm³/mol. The largest absolute Gasteiger partial charge is 0.468 e. The topological polar surface area (TPSA) is 34.4 Å². The first-order valence-corrected chi connectivity index (χ1v) is 5.51. The molecule has 0 atom stereocenters. The van der Waals surface area contributed by atoms with Crippen LogP contribution < -0.4 is 5.32 Å². The number of furan rings is 1. The Labute approximate surface area is 91.8 Å². The van der Waals surface area contributed by atoms with Crippen LogP contribution in [0.2, 0.25) is 0 Å². The van der Waals surface area contributed by atoms with Crippen molar-refractivity contribution in [1.82, 2.24) is 5.32 Å². The SMILES string of the molecule is Cc1ccoc1CNCCOCC(C)C. The van der Waals surface area contributed by atoms with Crippen LogP contribution in [-0.2, 0) is 11.3 Å². The Bertz CT molecular complexity index is 268. The molecule has 1 rings (SSSR count). The summed E-state index contributed by atoms with van der Waals surface area (Å²) in [5.41, 5.74) is 1.20. The molecule has 0 saturated heterocycles. The van der Waals surface area contributed by atoms with Gasteiger partial charge in [-0.15, -0.1) is 0 Å². The van der Waals surface area contributed by atoms with Crippen LogP contribution in [0.4, 0.5) is 0 Å². The predicted octanol–water partition coefficient (Wildman–Crippen LogP) is 2.35. The van der Waals surface area contributed by atoms with E-state index in [0.29, 0.717) is 5.92 Å². The molecule has 0 radical (unpaired) electrons. The standard InChI is InChI=1S/C12H21NO2/c1-10(2)9-14-7-5-13-8-12-11(3)4-6-15-12/h4,6,10,13H,5,7-9H2,1-3H3. The lowest BCUT2D eigenvalue weighted by Crippen LogP contribution is -2.20. The maximum atomic E-state index is 5.45. The van der Waals surface area contributed by atoms with Crippen LogP contribution in [0, 0.1) is 12.8 Å². The van der Waals surface area contributed by atoms with Crippen LogP contribution in [-0.4, -0.2) is 19.8 Å². The van der Waals surface area contributed by atoms with Crippen molar-refractivity contribution < 1.29 is 9.15 Å². The van der Waals surface area contributed by atoms with Gasteiger partial charge in [-0.3, -0.25) is 0 Å². The van der Waals surface area contributed by atoms with Gasteiger partial charge in [-0.25, -0.2) is 0 Å². The van der Waals surface area contributed by atoms with Crippen LogP contribution in [0.5, 0.6) is 0 Å².